The summed E-state index contributed by atoms with van der Waals surface area (Å²) in [5.74, 6) is -3.21. The maximum absolute atomic E-state index is 13.2. The minimum atomic E-state index is -5.08. The second-order valence-corrected chi connectivity index (χ2v) is 11.5. The summed E-state index contributed by atoms with van der Waals surface area (Å²) < 4.78 is 74.7. The minimum absolute atomic E-state index is 0.0223. The fourth-order valence-corrected chi connectivity index (χ4v) is 5.58. The van der Waals surface area contributed by atoms with Crippen LogP contribution < -0.4 is 14.8 Å². The molecule has 0 radical (unpaired) electrons. The number of H-pyrrole nitrogens is 1. The maximum atomic E-state index is 13.2. The monoisotopic (exact) mass is 706 g/mol. The highest BCUT2D eigenvalue weighted by Crippen LogP contribution is 2.35. The molecule has 4 N–H and O–H groups in total. The molecule has 1 saturated heterocycles. The summed E-state index contributed by atoms with van der Waals surface area (Å²) in [5.41, 5.74) is 3.96. The lowest BCUT2D eigenvalue weighted by molar-refractivity contribution is -0.193. The number of aliphatic carboxylic acids is 2. The molecule has 2 aromatic carbocycles. The predicted octanol–water partition coefficient (Wildman–Crippen LogP) is 5.73. The molecule has 0 saturated carbocycles. The lowest BCUT2D eigenvalue weighted by atomic mass is 9.95. The van der Waals surface area contributed by atoms with Crippen LogP contribution in [0, 0.1) is 5.92 Å². The summed E-state index contributed by atoms with van der Waals surface area (Å²) in [7, 11) is 1.64. The van der Waals surface area contributed by atoms with Gasteiger partial charge in [-0.3, -0.25) is 9.89 Å². The highest BCUT2D eigenvalue weighted by molar-refractivity contribution is 7.99. The number of carboxylic acids is 2. The number of rotatable bonds is 8. The van der Waals surface area contributed by atoms with Crippen molar-refractivity contribution in [1.29, 1.82) is 0 Å². The normalized spacial score (nSPS) is 15.9. The average molecular weight is 707 g/mol. The summed E-state index contributed by atoms with van der Waals surface area (Å²) >= 11 is 1.79. The molecule has 2 aliphatic heterocycles. The molecule has 0 bridgehead atoms. The number of carboxylic acid groups (broad SMARTS) is 2. The summed E-state index contributed by atoms with van der Waals surface area (Å²) in [5, 5.41) is 24.4. The van der Waals surface area contributed by atoms with Gasteiger partial charge in [0, 0.05) is 29.0 Å². The van der Waals surface area contributed by atoms with Crippen molar-refractivity contribution in [3.05, 3.63) is 54.4 Å². The first kappa shape index (κ1) is 38.0. The van der Waals surface area contributed by atoms with Crippen LogP contribution in [0.3, 0.4) is 0 Å². The number of fused-ring (bicyclic) bond motifs is 1. The highest BCUT2D eigenvalue weighted by atomic mass is 32.2. The first-order valence-electron chi connectivity index (χ1n) is 14.3. The number of methoxy groups -OCH3 is 1. The molecular weight excluding hydrogens is 674 g/mol. The van der Waals surface area contributed by atoms with Gasteiger partial charge in [-0.15, -0.1) is 11.8 Å². The third kappa shape index (κ3) is 11.7. The molecule has 18 heteroatoms. The van der Waals surface area contributed by atoms with E-state index in [4.69, 9.17) is 29.3 Å². The molecule has 11 nitrogen and oxygen atoms in total. The predicted molar refractivity (Wildman–Crippen MR) is 162 cm³/mol. The number of halogens is 6. The van der Waals surface area contributed by atoms with Gasteiger partial charge in [0.05, 0.1) is 24.9 Å². The number of ether oxygens (including phenoxy) is 2. The first-order chi connectivity index (χ1) is 22.6. The van der Waals surface area contributed by atoms with Crippen molar-refractivity contribution in [2.24, 2.45) is 5.92 Å². The Bertz CT molecular complexity index is 1510. The number of nitrogens with zero attached hydrogens (tertiary/aromatic N) is 2. The van der Waals surface area contributed by atoms with Gasteiger partial charge in [0.25, 0.3) is 0 Å². The summed E-state index contributed by atoms with van der Waals surface area (Å²) in [4.78, 5) is 34.6. The largest absolute Gasteiger partial charge is 0.497 e. The average Bonchev–Trinajstić information content (AvgIpc) is 3.76. The first-order valence-corrected chi connectivity index (χ1v) is 15.3. The molecule has 48 heavy (non-hydrogen) atoms. The Morgan fingerprint density at radius 2 is 1.67 bits per heavy atom. The lowest BCUT2D eigenvalue weighted by Gasteiger charge is -2.25. The second kappa shape index (κ2) is 17.1. The number of anilines is 1. The zero-order valence-electron chi connectivity index (χ0n) is 25.4. The highest BCUT2D eigenvalue weighted by Gasteiger charge is 2.39. The Morgan fingerprint density at radius 1 is 1.02 bits per heavy atom. The van der Waals surface area contributed by atoms with E-state index in [0.717, 1.165) is 51.1 Å². The molecule has 1 aromatic heterocycles. The zero-order chi connectivity index (χ0) is 35.5. The number of aromatic amines is 1. The van der Waals surface area contributed by atoms with E-state index >= 15 is 0 Å². The lowest BCUT2D eigenvalue weighted by Crippen LogP contribution is -2.32. The van der Waals surface area contributed by atoms with Crippen LogP contribution in [-0.2, 0) is 20.8 Å². The van der Waals surface area contributed by atoms with Crippen LogP contribution in [0.2, 0.25) is 0 Å². The van der Waals surface area contributed by atoms with Gasteiger partial charge in [-0.05, 0) is 73.8 Å². The van der Waals surface area contributed by atoms with Gasteiger partial charge >= 0.3 is 24.3 Å². The fraction of sp³-hybridized carbons (Fsp3) is 0.400. The second-order valence-electron chi connectivity index (χ2n) is 10.4. The number of carbonyl (C=O) groups is 3. The number of thioether (sulfide) groups is 1. The summed E-state index contributed by atoms with van der Waals surface area (Å²) in [6.45, 7) is 3.80. The molecule has 1 atom stereocenters. The van der Waals surface area contributed by atoms with Crippen molar-refractivity contribution in [1.82, 2.24) is 15.1 Å². The van der Waals surface area contributed by atoms with Crippen LogP contribution >= 0.6 is 11.8 Å². The van der Waals surface area contributed by atoms with Crippen molar-refractivity contribution in [2.45, 2.75) is 36.5 Å². The van der Waals surface area contributed by atoms with E-state index in [1.807, 2.05) is 42.7 Å². The Kier molecular flexibility index (Phi) is 13.5. The van der Waals surface area contributed by atoms with Crippen molar-refractivity contribution >= 4 is 35.3 Å². The Labute approximate surface area is 274 Å². The topological polar surface area (TPSA) is 154 Å². The fourth-order valence-electron chi connectivity index (χ4n) is 4.53. The molecule has 5 rings (SSSR count). The smallest absolute Gasteiger partial charge is 0.490 e. The molecule has 1 unspecified atom stereocenters. The number of likely N-dealkylation sites (tertiary alicyclic amines) is 1. The van der Waals surface area contributed by atoms with Gasteiger partial charge < -0.3 is 29.9 Å². The van der Waals surface area contributed by atoms with E-state index in [-0.39, 0.29) is 11.8 Å². The van der Waals surface area contributed by atoms with Crippen LogP contribution in [0.1, 0.15) is 18.4 Å². The number of carbonyl (C=O) groups excluding carboxylic acids is 1. The molecule has 0 spiro atoms. The van der Waals surface area contributed by atoms with Crippen molar-refractivity contribution in [2.75, 3.05) is 44.4 Å². The van der Waals surface area contributed by atoms with E-state index in [1.54, 1.807) is 18.9 Å². The molecule has 2 aliphatic rings. The molecular formula is C30H32F6N4O7S. The molecule has 1 fully saturated rings. The van der Waals surface area contributed by atoms with E-state index < -0.39 is 24.3 Å². The number of hydrogen-bond donors (Lipinski definition) is 4. The third-order valence-corrected chi connectivity index (χ3v) is 8.00. The van der Waals surface area contributed by atoms with Gasteiger partial charge in [-0.2, -0.15) is 31.4 Å². The SMILES string of the molecule is COc1ccc2c(c1)CC(C(=O)Nc1ccc(-c3cn[nH]c3)cc1SCCN1CCCC1)CO2.O=C(O)C(F)(F)F.O=C(O)C(F)(F)F. The Hall–Kier alpha value is -4.45. The molecule has 262 valence electrons. The Morgan fingerprint density at radius 3 is 2.23 bits per heavy atom. The van der Waals surface area contributed by atoms with Crippen LogP contribution in [0.4, 0.5) is 32.0 Å². The third-order valence-electron chi connectivity index (χ3n) is 6.96. The van der Waals surface area contributed by atoms with Gasteiger partial charge in [-0.1, -0.05) is 6.07 Å². The van der Waals surface area contributed by atoms with Crippen LogP contribution in [-0.4, -0.2) is 94.6 Å². The number of benzene rings is 2. The molecule has 0 aliphatic carbocycles. The van der Waals surface area contributed by atoms with Crippen molar-refractivity contribution in [3.63, 3.8) is 0 Å². The van der Waals surface area contributed by atoms with Gasteiger partial charge in [-0.25, -0.2) is 9.59 Å². The maximum Gasteiger partial charge on any atom is 0.490 e. The minimum Gasteiger partial charge on any atom is -0.497 e. The summed E-state index contributed by atoms with van der Waals surface area (Å²) in [6.07, 6.45) is -3.25. The molecule has 3 aromatic rings. The van der Waals surface area contributed by atoms with Crippen LogP contribution in [0.15, 0.2) is 53.7 Å². The number of nitrogens with one attached hydrogen (secondary N) is 2. The number of alkyl halides is 6. The zero-order valence-corrected chi connectivity index (χ0v) is 26.2. The van der Waals surface area contributed by atoms with E-state index in [2.05, 4.69) is 26.5 Å². The van der Waals surface area contributed by atoms with E-state index in [0.29, 0.717) is 13.0 Å². The molecule has 1 amide bonds. The van der Waals surface area contributed by atoms with Crippen LogP contribution in [0.25, 0.3) is 11.1 Å². The van der Waals surface area contributed by atoms with E-state index in [1.165, 1.54) is 25.9 Å². The van der Waals surface area contributed by atoms with Crippen molar-refractivity contribution < 1.29 is 60.4 Å². The van der Waals surface area contributed by atoms with Gasteiger partial charge in [0.15, 0.2) is 0 Å². The Balaban J connectivity index is 0.000000376. The molecule has 3 heterocycles. The number of amides is 1. The van der Waals surface area contributed by atoms with Crippen LogP contribution in [0.5, 0.6) is 11.5 Å². The summed E-state index contributed by atoms with van der Waals surface area (Å²) in [6, 6.07) is 11.9. The number of hydrogen-bond acceptors (Lipinski definition) is 8. The standard InChI is InChI=1S/C26H30N4O3S.2C2HF3O2/c1-32-22-5-7-24-19(13-22)12-20(17-33-24)26(31)29-23-6-4-18(21-15-27-28-16-21)14-25(23)34-11-10-30-8-2-3-9-30;2*3-2(4,5)1(6)7/h4-7,13-16,20H,2-3,8-12,17H2,1H3,(H,27,28)(H,29,31);2*(H,6,7). The van der Waals surface area contributed by atoms with Gasteiger partial charge in [0.1, 0.15) is 18.1 Å². The number of aromatic nitrogens is 2. The van der Waals surface area contributed by atoms with E-state index in [9.17, 15) is 31.1 Å². The van der Waals surface area contributed by atoms with Crippen molar-refractivity contribution in [3.8, 4) is 22.6 Å². The quantitative estimate of drug-likeness (QED) is 0.169. The van der Waals surface area contributed by atoms with Gasteiger partial charge in [0.2, 0.25) is 5.91 Å².